The van der Waals surface area contributed by atoms with E-state index >= 15 is 0 Å². The van der Waals surface area contributed by atoms with Crippen LogP contribution in [0.1, 0.15) is 25.1 Å². The number of rotatable bonds is 7. The minimum absolute atomic E-state index is 0.0218. The summed E-state index contributed by atoms with van der Waals surface area (Å²) in [7, 11) is 0. The first kappa shape index (κ1) is 19.9. The van der Waals surface area contributed by atoms with Crippen LogP contribution in [0.3, 0.4) is 0 Å². The lowest BCUT2D eigenvalue weighted by Crippen LogP contribution is -2.08. The van der Waals surface area contributed by atoms with E-state index in [-0.39, 0.29) is 11.7 Å². The maximum absolute atomic E-state index is 12.1. The first-order chi connectivity index (χ1) is 12.3. The number of nitrogens with zero attached hydrogens (tertiary/aromatic N) is 2. The molecule has 0 fully saturated rings. The summed E-state index contributed by atoms with van der Waals surface area (Å²) in [5.41, 5.74) is 1.87. The Morgan fingerprint density at radius 1 is 1.35 bits per heavy atom. The third-order valence-corrected chi connectivity index (χ3v) is 3.79. The zero-order valence-electron chi connectivity index (χ0n) is 14.7. The molecule has 0 spiro atoms. The van der Waals surface area contributed by atoms with Crippen molar-refractivity contribution in [2.75, 3.05) is 5.32 Å². The van der Waals surface area contributed by atoms with Crippen LogP contribution in [0.5, 0.6) is 5.75 Å². The smallest absolute Gasteiger partial charge is 0.387 e. The molecule has 1 aromatic heterocycles. The SMILES string of the molecule is Cc1nn(CC(C)C)c(Cl)c1/C=C/C(=O)Nc1ccc(OC(F)F)cc1. The Balaban J connectivity index is 2.02. The van der Waals surface area contributed by atoms with Crippen LogP contribution in [0.4, 0.5) is 14.5 Å². The summed E-state index contributed by atoms with van der Waals surface area (Å²) < 4.78 is 30.2. The number of amides is 1. The highest BCUT2D eigenvalue weighted by atomic mass is 35.5. The normalized spacial score (nSPS) is 11.5. The van der Waals surface area contributed by atoms with E-state index in [0.717, 1.165) is 5.69 Å². The topological polar surface area (TPSA) is 56.2 Å². The number of carbonyl (C=O) groups is 1. The van der Waals surface area contributed by atoms with Crippen LogP contribution in [-0.4, -0.2) is 22.3 Å². The first-order valence-corrected chi connectivity index (χ1v) is 8.41. The minimum Gasteiger partial charge on any atom is -0.435 e. The molecule has 0 aliphatic heterocycles. The van der Waals surface area contributed by atoms with Gasteiger partial charge in [-0.3, -0.25) is 9.48 Å². The summed E-state index contributed by atoms with van der Waals surface area (Å²) in [5, 5.41) is 7.48. The second-order valence-corrected chi connectivity index (χ2v) is 6.45. The van der Waals surface area contributed by atoms with E-state index in [1.165, 1.54) is 30.3 Å². The fourth-order valence-corrected chi connectivity index (χ4v) is 2.59. The Hall–Kier alpha value is -2.41. The minimum atomic E-state index is -2.89. The molecule has 0 aliphatic carbocycles. The standard InChI is InChI=1S/C18H20ClF2N3O2/c1-11(2)10-24-17(19)15(12(3)23-24)8-9-16(25)22-13-4-6-14(7-5-13)26-18(20)21/h4-9,11,18H,10H2,1-3H3,(H,22,25)/b9-8+. The Labute approximate surface area is 155 Å². The number of halogens is 3. The van der Waals surface area contributed by atoms with Crippen LogP contribution in [0, 0.1) is 12.8 Å². The second-order valence-electron chi connectivity index (χ2n) is 6.09. The van der Waals surface area contributed by atoms with Crippen LogP contribution in [0.15, 0.2) is 30.3 Å². The molecule has 0 saturated heterocycles. The molecule has 1 N–H and O–H groups in total. The van der Waals surface area contributed by atoms with Crippen LogP contribution in [-0.2, 0) is 11.3 Å². The van der Waals surface area contributed by atoms with Gasteiger partial charge in [0, 0.05) is 23.9 Å². The number of anilines is 1. The Kier molecular flexibility index (Phi) is 6.74. The molecule has 8 heteroatoms. The van der Waals surface area contributed by atoms with E-state index in [2.05, 4.69) is 29.0 Å². The average Bonchev–Trinajstić information content (AvgIpc) is 2.80. The molecule has 0 radical (unpaired) electrons. The van der Waals surface area contributed by atoms with Gasteiger partial charge in [0.1, 0.15) is 10.9 Å². The molecule has 2 rings (SSSR count). The molecular formula is C18H20ClF2N3O2. The summed E-state index contributed by atoms with van der Waals surface area (Å²) in [6.07, 6.45) is 2.95. The van der Waals surface area contributed by atoms with Crippen molar-refractivity contribution in [3.8, 4) is 5.75 Å². The third kappa shape index (κ3) is 5.56. The van der Waals surface area contributed by atoms with Crippen LogP contribution in [0.2, 0.25) is 5.15 Å². The molecular weight excluding hydrogens is 364 g/mol. The Morgan fingerprint density at radius 2 is 2.00 bits per heavy atom. The van der Waals surface area contributed by atoms with Gasteiger partial charge in [0.05, 0.1) is 5.69 Å². The lowest BCUT2D eigenvalue weighted by molar-refractivity contribution is -0.111. The average molecular weight is 384 g/mol. The molecule has 0 saturated carbocycles. The van der Waals surface area contributed by atoms with Crippen molar-refractivity contribution < 1.29 is 18.3 Å². The fourth-order valence-electron chi connectivity index (χ4n) is 2.29. The molecule has 0 unspecified atom stereocenters. The van der Waals surface area contributed by atoms with Gasteiger partial charge in [-0.2, -0.15) is 13.9 Å². The van der Waals surface area contributed by atoms with Crippen molar-refractivity contribution in [1.29, 1.82) is 0 Å². The molecule has 0 bridgehead atoms. The Morgan fingerprint density at radius 3 is 2.58 bits per heavy atom. The number of alkyl halides is 2. The van der Waals surface area contributed by atoms with Crippen molar-refractivity contribution >= 4 is 29.3 Å². The zero-order chi connectivity index (χ0) is 19.3. The predicted octanol–water partition coefficient (Wildman–Crippen LogP) is 4.75. The van der Waals surface area contributed by atoms with E-state index in [1.807, 2.05) is 6.92 Å². The molecule has 2 aromatic rings. The van der Waals surface area contributed by atoms with Gasteiger partial charge < -0.3 is 10.1 Å². The highest BCUT2D eigenvalue weighted by Crippen LogP contribution is 2.22. The highest BCUT2D eigenvalue weighted by Gasteiger charge is 2.12. The maximum atomic E-state index is 12.1. The fraction of sp³-hybridized carbons (Fsp3) is 0.333. The number of aromatic nitrogens is 2. The van der Waals surface area contributed by atoms with Crippen molar-refractivity contribution in [3.63, 3.8) is 0 Å². The summed E-state index contributed by atoms with van der Waals surface area (Å²) in [4.78, 5) is 12.0. The lowest BCUT2D eigenvalue weighted by atomic mass is 10.2. The van der Waals surface area contributed by atoms with E-state index < -0.39 is 6.61 Å². The van der Waals surface area contributed by atoms with Crippen molar-refractivity contribution in [2.24, 2.45) is 5.92 Å². The molecule has 1 heterocycles. The van der Waals surface area contributed by atoms with E-state index in [0.29, 0.717) is 28.9 Å². The summed E-state index contributed by atoms with van der Waals surface area (Å²) in [6, 6.07) is 5.65. The number of carbonyl (C=O) groups excluding carboxylic acids is 1. The zero-order valence-corrected chi connectivity index (χ0v) is 15.4. The number of hydrogen-bond donors (Lipinski definition) is 1. The van der Waals surface area contributed by atoms with Gasteiger partial charge in [0.25, 0.3) is 0 Å². The van der Waals surface area contributed by atoms with E-state index in [4.69, 9.17) is 11.6 Å². The summed E-state index contributed by atoms with van der Waals surface area (Å²) in [5.74, 6) is 0.0390. The second kappa shape index (κ2) is 8.80. The maximum Gasteiger partial charge on any atom is 0.387 e. The number of nitrogens with one attached hydrogen (secondary N) is 1. The molecule has 0 aliphatic rings. The van der Waals surface area contributed by atoms with Crippen molar-refractivity contribution in [3.05, 3.63) is 46.8 Å². The molecule has 0 atom stereocenters. The molecule has 5 nitrogen and oxygen atoms in total. The highest BCUT2D eigenvalue weighted by molar-refractivity contribution is 6.31. The van der Waals surface area contributed by atoms with Gasteiger partial charge >= 0.3 is 6.61 Å². The largest absolute Gasteiger partial charge is 0.435 e. The number of aryl methyl sites for hydroxylation is 1. The summed E-state index contributed by atoms with van der Waals surface area (Å²) in [6.45, 7) is 3.75. The monoisotopic (exact) mass is 383 g/mol. The van der Waals surface area contributed by atoms with Crippen LogP contribution in [0.25, 0.3) is 6.08 Å². The number of hydrogen-bond acceptors (Lipinski definition) is 3. The number of ether oxygens (including phenoxy) is 1. The first-order valence-electron chi connectivity index (χ1n) is 8.03. The van der Waals surface area contributed by atoms with E-state index in [1.54, 1.807) is 10.8 Å². The van der Waals surface area contributed by atoms with Gasteiger partial charge in [-0.1, -0.05) is 25.4 Å². The van der Waals surface area contributed by atoms with Gasteiger partial charge in [-0.05, 0) is 43.2 Å². The van der Waals surface area contributed by atoms with Gasteiger partial charge in [0.15, 0.2) is 0 Å². The van der Waals surface area contributed by atoms with Gasteiger partial charge in [-0.15, -0.1) is 0 Å². The molecule has 26 heavy (non-hydrogen) atoms. The molecule has 140 valence electrons. The predicted molar refractivity (Wildman–Crippen MR) is 97.5 cm³/mol. The molecule has 1 amide bonds. The quantitative estimate of drug-likeness (QED) is 0.702. The van der Waals surface area contributed by atoms with Gasteiger partial charge in [-0.25, -0.2) is 0 Å². The lowest BCUT2D eigenvalue weighted by Gasteiger charge is -2.06. The Bertz CT molecular complexity index is 786. The molecule has 1 aromatic carbocycles. The van der Waals surface area contributed by atoms with Crippen molar-refractivity contribution in [2.45, 2.75) is 33.9 Å². The number of benzene rings is 1. The third-order valence-electron chi connectivity index (χ3n) is 3.40. The van der Waals surface area contributed by atoms with Crippen molar-refractivity contribution in [1.82, 2.24) is 9.78 Å². The van der Waals surface area contributed by atoms with Gasteiger partial charge in [0.2, 0.25) is 5.91 Å². The summed E-state index contributed by atoms with van der Waals surface area (Å²) >= 11 is 6.32. The van der Waals surface area contributed by atoms with Crippen LogP contribution < -0.4 is 10.1 Å². The van der Waals surface area contributed by atoms with Crippen LogP contribution >= 0.6 is 11.6 Å². The van der Waals surface area contributed by atoms with E-state index in [9.17, 15) is 13.6 Å².